The van der Waals surface area contributed by atoms with Crippen LogP contribution in [0.15, 0.2) is 23.3 Å². The Hall–Kier alpha value is -1.75. The Bertz CT molecular complexity index is 454. The first-order valence-electron chi connectivity index (χ1n) is 7.14. The van der Waals surface area contributed by atoms with Gasteiger partial charge >= 0.3 is 0 Å². The molecule has 5 heteroatoms. The van der Waals surface area contributed by atoms with Crippen molar-refractivity contribution in [2.24, 2.45) is 5.10 Å². The van der Waals surface area contributed by atoms with E-state index in [1.807, 2.05) is 31.3 Å². The molecule has 0 amide bonds. The molecule has 1 N–H and O–H groups in total. The third-order valence-electron chi connectivity index (χ3n) is 3.45. The largest absolute Gasteiger partial charge is 0.493 e. The maximum Gasteiger partial charge on any atom is 0.161 e. The molecule has 0 aromatic heterocycles. The molecule has 110 valence electrons. The predicted molar refractivity (Wildman–Crippen MR) is 80.0 cm³/mol. The SMILES string of the molecule is CCOc1ccc(/C=N\N2CC[NH+](C)CC2)cc1OC. The molecular weight excluding hydrogens is 254 g/mol. The fourth-order valence-corrected chi connectivity index (χ4v) is 2.18. The number of rotatable bonds is 5. The van der Waals surface area contributed by atoms with Crippen molar-refractivity contribution in [1.82, 2.24) is 5.01 Å². The van der Waals surface area contributed by atoms with Crippen molar-refractivity contribution in [3.8, 4) is 11.5 Å². The van der Waals surface area contributed by atoms with Gasteiger partial charge < -0.3 is 14.4 Å². The lowest BCUT2D eigenvalue weighted by atomic mass is 10.2. The first kappa shape index (κ1) is 14.7. The smallest absolute Gasteiger partial charge is 0.161 e. The fourth-order valence-electron chi connectivity index (χ4n) is 2.18. The van der Waals surface area contributed by atoms with E-state index in [1.54, 1.807) is 12.0 Å². The van der Waals surface area contributed by atoms with E-state index >= 15 is 0 Å². The Morgan fingerprint density at radius 2 is 2.05 bits per heavy atom. The number of nitrogens with zero attached hydrogens (tertiary/aromatic N) is 2. The number of piperazine rings is 1. The van der Waals surface area contributed by atoms with E-state index in [9.17, 15) is 0 Å². The molecule has 5 nitrogen and oxygen atoms in total. The normalized spacial score (nSPS) is 16.6. The zero-order valence-electron chi connectivity index (χ0n) is 12.6. The molecule has 2 rings (SSSR count). The number of benzene rings is 1. The molecular formula is C15H24N3O2+. The number of hydrogen-bond acceptors (Lipinski definition) is 4. The van der Waals surface area contributed by atoms with E-state index in [0.29, 0.717) is 6.61 Å². The molecule has 0 saturated carbocycles. The minimum Gasteiger partial charge on any atom is -0.493 e. The van der Waals surface area contributed by atoms with E-state index in [-0.39, 0.29) is 0 Å². The third kappa shape index (κ3) is 3.87. The lowest BCUT2D eigenvalue weighted by Crippen LogP contribution is -3.11. The summed E-state index contributed by atoms with van der Waals surface area (Å²) in [6, 6.07) is 5.88. The Morgan fingerprint density at radius 1 is 1.30 bits per heavy atom. The van der Waals surface area contributed by atoms with Gasteiger partial charge in [-0.1, -0.05) is 0 Å². The molecule has 1 aromatic carbocycles. The zero-order chi connectivity index (χ0) is 14.4. The number of likely N-dealkylation sites (N-methyl/N-ethyl adjacent to an activating group) is 1. The summed E-state index contributed by atoms with van der Waals surface area (Å²) >= 11 is 0. The van der Waals surface area contributed by atoms with Crippen LogP contribution in [0.1, 0.15) is 12.5 Å². The number of nitrogens with one attached hydrogen (secondary N) is 1. The monoisotopic (exact) mass is 278 g/mol. The molecule has 0 bridgehead atoms. The van der Waals surface area contributed by atoms with Crippen molar-refractivity contribution in [2.45, 2.75) is 6.92 Å². The number of hydrogen-bond donors (Lipinski definition) is 1. The molecule has 1 saturated heterocycles. The van der Waals surface area contributed by atoms with Crippen LogP contribution in [-0.2, 0) is 0 Å². The highest BCUT2D eigenvalue weighted by atomic mass is 16.5. The van der Waals surface area contributed by atoms with Crippen LogP contribution in [0.4, 0.5) is 0 Å². The van der Waals surface area contributed by atoms with E-state index in [1.165, 1.54) is 0 Å². The van der Waals surface area contributed by atoms with Crippen molar-refractivity contribution in [1.29, 1.82) is 0 Å². The molecule has 1 fully saturated rings. The van der Waals surface area contributed by atoms with E-state index in [0.717, 1.165) is 43.2 Å². The summed E-state index contributed by atoms with van der Waals surface area (Å²) in [5.41, 5.74) is 1.02. The second-order valence-electron chi connectivity index (χ2n) is 5.00. The van der Waals surface area contributed by atoms with Gasteiger partial charge in [-0.15, -0.1) is 0 Å². The van der Waals surface area contributed by atoms with Gasteiger partial charge in [0.05, 0.1) is 53.2 Å². The molecule has 0 radical (unpaired) electrons. The lowest BCUT2D eigenvalue weighted by Gasteiger charge is -2.27. The van der Waals surface area contributed by atoms with Gasteiger partial charge in [0.1, 0.15) is 0 Å². The summed E-state index contributed by atoms with van der Waals surface area (Å²) in [5.74, 6) is 1.52. The number of ether oxygens (including phenoxy) is 2. The third-order valence-corrected chi connectivity index (χ3v) is 3.45. The van der Waals surface area contributed by atoms with Gasteiger partial charge in [-0.05, 0) is 30.7 Å². The first-order chi connectivity index (χ1) is 9.72. The van der Waals surface area contributed by atoms with Crippen molar-refractivity contribution in [3.63, 3.8) is 0 Å². The summed E-state index contributed by atoms with van der Waals surface area (Å²) < 4.78 is 10.8. The van der Waals surface area contributed by atoms with Crippen LogP contribution in [0.3, 0.4) is 0 Å². The van der Waals surface area contributed by atoms with E-state index in [4.69, 9.17) is 9.47 Å². The minimum absolute atomic E-state index is 0.632. The average Bonchev–Trinajstić information content (AvgIpc) is 2.48. The second kappa shape index (κ2) is 7.14. The molecule has 0 atom stereocenters. The highest BCUT2D eigenvalue weighted by Crippen LogP contribution is 2.27. The van der Waals surface area contributed by atoms with Gasteiger partial charge in [0.25, 0.3) is 0 Å². The van der Waals surface area contributed by atoms with E-state index in [2.05, 4.69) is 17.2 Å². The summed E-state index contributed by atoms with van der Waals surface area (Å²) in [5, 5.41) is 6.66. The van der Waals surface area contributed by atoms with Gasteiger partial charge in [0.15, 0.2) is 11.5 Å². The van der Waals surface area contributed by atoms with Gasteiger partial charge in [-0.2, -0.15) is 5.10 Å². The average molecular weight is 278 g/mol. The van der Waals surface area contributed by atoms with E-state index < -0.39 is 0 Å². The van der Waals surface area contributed by atoms with Crippen LogP contribution in [0, 0.1) is 0 Å². The molecule has 0 aliphatic carbocycles. The summed E-state index contributed by atoms with van der Waals surface area (Å²) in [6.07, 6.45) is 1.89. The van der Waals surface area contributed by atoms with Crippen LogP contribution in [-0.4, -0.2) is 58.2 Å². The van der Waals surface area contributed by atoms with Crippen molar-refractivity contribution < 1.29 is 14.4 Å². The topological polar surface area (TPSA) is 38.5 Å². The summed E-state index contributed by atoms with van der Waals surface area (Å²) in [7, 11) is 3.88. The second-order valence-corrected chi connectivity index (χ2v) is 5.00. The molecule has 0 unspecified atom stereocenters. The zero-order valence-corrected chi connectivity index (χ0v) is 12.6. The quantitative estimate of drug-likeness (QED) is 0.785. The lowest BCUT2D eigenvalue weighted by molar-refractivity contribution is -0.884. The van der Waals surface area contributed by atoms with Crippen LogP contribution >= 0.6 is 0 Å². The number of hydrazone groups is 1. The van der Waals surface area contributed by atoms with Crippen LogP contribution in [0.5, 0.6) is 11.5 Å². The predicted octanol–water partition coefficient (Wildman–Crippen LogP) is 0.258. The molecule has 20 heavy (non-hydrogen) atoms. The number of quaternary nitrogens is 1. The van der Waals surface area contributed by atoms with Gasteiger partial charge in [0.2, 0.25) is 0 Å². The fraction of sp³-hybridized carbons (Fsp3) is 0.533. The Balaban J connectivity index is 2.02. The minimum atomic E-state index is 0.632. The van der Waals surface area contributed by atoms with Gasteiger partial charge in [-0.25, -0.2) is 0 Å². The first-order valence-corrected chi connectivity index (χ1v) is 7.14. The Kier molecular flexibility index (Phi) is 5.24. The number of methoxy groups -OCH3 is 1. The Morgan fingerprint density at radius 3 is 2.70 bits per heavy atom. The highest BCUT2D eigenvalue weighted by Gasteiger charge is 2.14. The van der Waals surface area contributed by atoms with Crippen LogP contribution < -0.4 is 14.4 Å². The highest BCUT2D eigenvalue weighted by molar-refractivity contribution is 5.80. The maximum atomic E-state index is 5.51. The molecule has 1 aromatic rings. The van der Waals surface area contributed by atoms with Crippen LogP contribution in [0.25, 0.3) is 0 Å². The van der Waals surface area contributed by atoms with Crippen molar-refractivity contribution >= 4 is 6.21 Å². The van der Waals surface area contributed by atoms with Crippen molar-refractivity contribution in [3.05, 3.63) is 23.8 Å². The molecule has 1 aliphatic heterocycles. The summed E-state index contributed by atoms with van der Waals surface area (Å²) in [6.45, 7) is 6.90. The van der Waals surface area contributed by atoms with Crippen LogP contribution in [0.2, 0.25) is 0 Å². The van der Waals surface area contributed by atoms with Gasteiger partial charge in [-0.3, -0.25) is 5.01 Å². The standard InChI is InChI=1S/C15H23N3O2/c1-4-20-14-6-5-13(11-15(14)19-3)12-16-18-9-7-17(2)8-10-18/h5-6,11-12H,4,7-10H2,1-3H3/p+1/b16-12-. The summed E-state index contributed by atoms with van der Waals surface area (Å²) in [4.78, 5) is 1.57. The molecule has 0 spiro atoms. The maximum absolute atomic E-state index is 5.51. The van der Waals surface area contributed by atoms with Crippen molar-refractivity contribution in [2.75, 3.05) is 46.9 Å². The Labute approximate surface area is 120 Å². The molecule has 1 aliphatic rings. The van der Waals surface area contributed by atoms with Gasteiger partial charge in [0, 0.05) is 0 Å². The molecule has 1 heterocycles.